The first-order valence-electron chi connectivity index (χ1n) is 28.4. The van der Waals surface area contributed by atoms with E-state index in [1.54, 1.807) is 0 Å². The van der Waals surface area contributed by atoms with Crippen LogP contribution in [0.4, 0.5) is 0 Å². The van der Waals surface area contributed by atoms with Crippen molar-refractivity contribution in [3.05, 3.63) is 258 Å². The molecule has 0 spiro atoms. The van der Waals surface area contributed by atoms with Crippen LogP contribution in [0.15, 0.2) is 235 Å². The summed E-state index contributed by atoms with van der Waals surface area (Å²) in [6, 6.07) is 76.7. The average molecular weight is 1190 g/mol. The van der Waals surface area contributed by atoms with E-state index in [1.807, 2.05) is 210 Å². The molecule has 12 aromatic rings. The smallest absolute Gasteiger partial charge is 0.399 e. The number of benzene rings is 8. The number of nitrogens with zero attached hydrogens (tertiary/aromatic N) is 10. The van der Waals surface area contributed by atoms with Crippen LogP contribution in [0, 0.1) is 27.7 Å². The van der Waals surface area contributed by atoms with Gasteiger partial charge in [-0.3, -0.25) is 0 Å². The lowest BCUT2D eigenvalue weighted by atomic mass is 9.79. The lowest BCUT2D eigenvalue weighted by Gasteiger charge is -2.32. The molecule has 0 aliphatic carbocycles. The van der Waals surface area contributed by atoms with Crippen LogP contribution in [-0.4, -0.2) is 68.2 Å². The van der Waals surface area contributed by atoms with Gasteiger partial charge in [0.15, 0.2) is 46.6 Å². The molecule has 1 saturated heterocycles. The molecule has 4 aromatic heterocycles. The molecule has 0 unspecified atom stereocenters. The molecular weight excluding hydrogens is 1130 g/mol. The molecule has 0 radical (unpaired) electrons. The number of aromatic nitrogens is 10. The fourth-order valence-electron chi connectivity index (χ4n) is 9.58. The average Bonchev–Trinajstić information content (AvgIpc) is 2.63. The molecule has 12 nitrogen and oxygen atoms in total. The van der Waals surface area contributed by atoms with Gasteiger partial charge < -0.3 is 9.31 Å². The molecule has 0 amide bonds. The molecule has 13 rings (SSSR count). The maximum Gasteiger partial charge on any atom is 0.494 e. The van der Waals surface area contributed by atoms with Crippen LogP contribution < -0.4 is 5.46 Å². The van der Waals surface area contributed by atoms with Crippen molar-refractivity contribution < 1.29 is 9.31 Å². The van der Waals surface area contributed by atoms with Gasteiger partial charge in [-0.15, -0.1) is 0 Å². The molecule has 86 heavy (non-hydrogen) atoms. The Hall–Kier alpha value is -9.60. The summed E-state index contributed by atoms with van der Waals surface area (Å²) in [5.74, 6) is 5.47. The molecule has 1 aliphatic rings. The van der Waals surface area contributed by atoms with E-state index in [0.717, 1.165) is 100.0 Å². The van der Waals surface area contributed by atoms with Crippen LogP contribution in [0.2, 0.25) is 0 Å². The first-order chi connectivity index (χ1) is 41.6. The van der Waals surface area contributed by atoms with Crippen molar-refractivity contribution in [1.82, 2.24) is 49.8 Å². The zero-order valence-electron chi connectivity index (χ0n) is 49.2. The maximum absolute atomic E-state index is 6.08. The van der Waals surface area contributed by atoms with E-state index in [9.17, 15) is 0 Å². The second-order valence-corrected chi connectivity index (χ2v) is 22.8. The van der Waals surface area contributed by atoms with Crippen molar-refractivity contribution >= 4 is 28.5 Å². The maximum atomic E-state index is 6.08. The van der Waals surface area contributed by atoms with Gasteiger partial charge >= 0.3 is 7.12 Å². The lowest BCUT2D eigenvalue weighted by molar-refractivity contribution is 0.00578. The Bertz CT molecular complexity index is 4090. The van der Waals surface area contributed by atoms with Gasteiger partial charge in [-0.2, -0.15) is 0 Å². The molecule has 14 heteroatoms. The van der Waals surface area contributed by atoms with Crippen molar-refractivity contribution in [1.29, 1.82) is 0 Å². The van der Waals surface area contributed by atoms with Crippen molar-refractivity contribution in [2.45, 2.75) is 66.6 Å². The Morgan fingerprint density at radius 2 is 0.477 bits per heavy atom. The fraction of sp³-hybridized carbons (Fsp3) is 0.139. The molecule has 0 saturated carbocycles. The van der Waals surface area contributed by atoms with E-state index in [2.05, 4.69) is 117 Å². The zero-order valence-corrected chi connectivity index (χ0v) is 50.8. The fourth-order valence-corrected chi connectivity index (χ4v) is 9.84. The van der Waals surface area contributed by atoms with E-state index >= 15 is 0 Å². The van der Waals surface area contributed by atoms with Gasteiger partial charge in [0, 0.05) is 71.8 Å². The van der Waals surface area contributed by atoms with Gasteiger partial charge in [0.05, 0.1) is 11.2 Å². The van der Waals surface area contributed by atoms with Gasteiger partial charge in [0.25, 0.3) is 0 Å². The van der Waals surface area contributed by atoms with Gasteiger partial charge in [-0.1, -0.05) is 222 Å². The lowest BCUT2D eigenvalue weighted by Crippen LogP contribution is -2.41. The normalized spacial score (nSPS) is 13.0. The van der Waals surface area contributed by atoms with Crippen LogP contribution in [-0.2, 0) is 9.31 Å². The first-order valence-corrected chi connectivity index (χ1v) is 29.2. The predicted octanol–water partition coefficient (Wildman–Crippen LogP) is 16.3. The highest BCUT2D eigenvalue weighted by Gasteiger charge is 2.51. The molecule has 8 aromatic carbocycles. The minimum absolute atomic E-state index is 0.326. The van der Waals surface area contributed by atoms with Crippen LogP contribution in [0.3, 0.4) is 0 Å². The van der Waals surface area contributed by atoms with Gasteiger partial charge in [-0.05, 0) is 96.2 Å². The van der Waals surface area contributed by atoms with Crippen molar-refractivity contribution in [2.24, 2.45) is 0 Å². The third-order valence-corrected chi connectivity index (χ3v) is 15.3. The summed E-state index contributed by atoms with van der Waals surface area (Å²) >= 11 is 3.47. The quantitative estimate of drug-likeness (QED) is 0.120. The summed E-state index contributed by atoms with van der Waals surface area (Å²) in [6.07, 6.45) is 0. The summed E-state index contributed by atoms with van der Waals surface area (Å²) in [5, 5.41) is 0. The van der Waals surface area contributed by atoms with Crippen LogP contribution >= 0.6 is 15.9 Å². The highest BCUT2D eigenvalue weighted by molar-refractivity contribution is 9.10. The topological polar surface area (TPSA) is 147 Å². The molecular formula is C72H62BBrN10O2. The molecule has 1 fully saturated rings. The second kappa shape index (κ2) is 25.7. The zero-order chi connectivity index (χ0) is 59.8. The standard InChI is InChI=1S/C33H25N5.C21H14BrN3.C18H23BN2O2/c1-22-21-23(2)35-30(34-22)28-17-13-24(14-18-28)25-15-19-29(20-16-25)33-37-31(26-9-5-3-6-10-26)36-32(38-33)27-11-7-4-8-12-27;22-18-13-11-17(12-14-18)21-24-19(15-7-3-1-4-8-15)23-20(25-21)16-9-5-2-6-10-16;1-12-11-13(2)21-16(20-12)14-7-9-15(10-8-14)19-22-17(3,4)18(5,6)23-19/h3-21H,1-2H3;1-14H;7-11H,1-6H3. The van der Waals surface area contributed by atoms with Crippen LogP contribution in [0.1, 0.15) is 50.5 Å². The Kier molecular flexibility index (Phi) is 17.4. The summed E-state index contributed by atoms with van der Waals surface area (Å²) in [4.78, 5) is 46.7. The third kappa shape index (κ3) is 14.0. The highest BCUT2D eigenvalue weighted by atomic mass is 79.9. The molecule has 0 N–H and O–H groups in total. The van der Waals surface area contributed by atoms with E-state index in [4.69, 9.17) is 34.2 Å². The second-order valence-electron chi connectivity index (χ2n) is 21.9. The highest BCUT2D eigenvalue weighted by Crippen LogP contribution is 2.37. The van der Waals surface area contributed by atoms with Crippen molar-refractivity contribution in [3.63, 3.8) is 0 Å². The number of rotatable bonds is 10. The SMILES string of the molecule is Brc1ccc(-c2nc(-c3ccccc3)nc(-c3ccccc3)n2)cc1.Cc1cc(C)nc(-c2ccc(-c3ccc(-c4nc(-c5ccccc5)nc(-c5ccccc5)n4)cc3)cc2)n1.Cc1cc(C)nc(-c2ccc(B3OC(C)(C)C(C)(C)O3)cc2)n1. The molecule has 422 valence electrons. The largest absolute Gasteiger partial charge is 0.494 e. The van der Waals surface area contributed by atoms with Gasteiger partial charge in [0.2, 0.25) is 0 Å². The predicted molar refractivity (Wildman–Crippen MR) is 349 cm³/mol. The van der Waals surface area contributed by atoms with Crippen molar-refractivity contribution in [3.8, 4) is 102 Å². The van der Waals surface area contributed by atoms with Crippen LogP contribution in [0.25, 0.3) is 102 Å². The summed E-state index contributed by atoms with van der Waals surface area (Å²) in [6.45, 7) is 16.2. The number of halogens is 1. The van der Waals surface area contributed by atoms with E-state index < -0.39 is 0 Å². The van der Waals surface area contributed by atoms with E-state index in [0.29, 0.717) is 34.9 Å². The Balaban J connectivity index is 0.000000140. The summed E-state index contributed by atoms with van der Waals surface area (Å²) < 4.78 is 13.2. The molecule has 1 aliphatic heterocycles. The minimum Gasteiger partial charge on any atom is -0.399 e. The third-order valence-electron chi connectivity index (χ3n) is 14.8. The van der Waals surface area contributed by atoms with Gasteiger partial charge in [0.1, 0.15) is 0 Å². The molecule has 0 bridgehead atoms. The van der Waals surface area contributed by atoms with Gasteiger partial charge in [-0.25, -0.2) is 49.8 Å². The Labute approximate surface area is 511 Å². The summed E-state index contributed by atoms with van der Waals surface area (Å²) in [5.41, 5.74) is 14.2. The number of hydrogen-bond acceptors (Lipinski definition) is 12. The molecule has 5 heterocycles. The number of aryl methyl sites for hydroxylation is 4. The Morgan fingerprint density at radius 1 is 0.267 bits per heavy atom. The number of hydrogen-bond donors (Lipinski definition) is 0. The van der Waals surface area contributed by atoms with E-state index in [-0.39, 0.29) is 18.3 Å². The van der Waals surface area contributed by atoms with Crippen LogP contribution in [0.5, 0.6) is 0 Å². The molecule has 0 atom stereocenters. The minimum atomic E-state index is -0.339. The summed E-state index contributed by atoms with van der Waals surface area (Å²) in [7, 11) is -0.339. The monoisotopic (exact) mass is 1190 g/mol. The van der Waals surface area contributed by atoms with E-state index in [1.165, 1.54) is 0 Å². The Morgan fingerprint density at radius 3 is 0.744 bits per heavy atom. The first kappa shape index (κ1) is 58.2. The van der Waals surface area contributed by atoms with Crippen molar-refractivity contribution in [2.75, 3.05) is 0 Å².